The van der Waals surface area contributed by atoms with Crippen molar-refractivity contribution < 1.29 is 19.1 Å². The first-order valence-corrected chi connectivity index (χ1v) is 11.2. The highest BCUT2D eigenvalue weighted by molar-refractivity contribution is 5.99. The number of aromatic nitrogens is 2. The summed E-state index contributed by atoms with van der Waals surface area (Å²) in [5.74, 6) is -0.752. The minimum atomic E-state index is -0.839. The number of ketones is 1. The van der Waals surface area contributed by atoms with Crippen LogP contribution in [0.4, 0.5) is 5.69 Å². The number of Topliss-reactive ketones (excluding diaryl/α,β-unsaturated/α-hetero) is 1. The Morgan fingerprint density at radius 2 is 1.91 bits per heavy atom. The molecule has 0 spiro atoms. The summed E-state index contributed by atoms with van der Waals surface area (Å²) >= 11 is 0. The number of nitrogens with one attached hydrogen (secondary N) is 1. The van der Waals surface area contributed by atoms with Crippen LogP contribution in [0, 0.1) is 0 Å². The average Bonchev–Trinajstić information content (AvgIpc) is 3.60. The van der Waals surface area contributed by atoms with Gasteiger partial charge in [-0.25, -0.2) is 4.68 Å². The first-order valence-electron chi connectivity index (χ1n) is 11.2. The van der Waals surface area contributed by atoms with Gasteiger partial charge in [0.05, 0.1) is 11.8 Å². The van der Waals surface area contributed by atoms with Crippen molar-refractivity contribution in [2.24, 2.45) is 0 Å². The van der Waals surface area contributed by atoms with Crippen molar-refractivity contribution in [3.63, 3.8) is 0 Å². The highest BCUT2D eigenvalue weighted by atomic mass is 16.5. The van der Waals surface area contributed by atoms with Crippen LogP contribution >= 0.6 is 0 Å². The topological polar surface area (TPSA) is 120 Å². The first-order chi connectivity index (χ1) is 16.5. The molecule has 9 nitrogen and oxygen atoms in total. The van der Waals surface area contributed by atoms with Gasteiger partial charge >= 0.3 is 0 Å². The minimum absolute atomic E-state index is 0.0245. The summed E-state index contributed by atoms with van der Waals surface area (Å²) in [6, 6.07) is 14.5. The Balaban J connectivity index is 1.36. The molecular weight excluding hydrogens is 434 g/mol. The van der Waals surface area contributed by atoms with E-state index >= 15 is 0 Å². The molecule has 3 aromatic rings. The number of ether oxygens (including phenoxy) is 1. The standard InChI is InChI=1S/C25H25N5O4/c26-18-6-2-16(3-7-18)14-20(25(33)29-13-10-22-23(29)21(31)15-34-22)28-24(32)17-4-8-19(9-5-17)30-12-1-11-27-30/h1-9,11-12,20,22-23H,10,13-15,26H2,(H,28,32). The third-order valence-electron chi connectivity index (χ3n) is 6.32. The molecule has 2 aliphatic rings. The predicted molar refractivity (Wildman–Crippen MR) is 124 cm³/mol. The third-order valence-corrected chi connectivity index (χ3v) is 6.32. The molecule has 3 unspecified atom stereocenters. The van der Waals surface area contributed by atoms with Crippen molar-refractivity contribution >= 4 is 23.3 Å². The Morgan fingerprint density at radius 3 is 2.62 bits per heavy atom. The molecule has 0 aliphatic carbocycles. The monoisotopic (exact) mass is 459 g/mol. The van der Waals surface area contributed by atoms with E-state index in [1.807, 2.05) is 24.4 Å². The SMILES string of the molecule is Nc1ccc(CC(NC(=O)c2ccc(-n3cccn3)cc2)C(=O)N2CCC3OCC(=O)C32)cc1. The first kappa shape index (κ1) is 21.8. The van der Waals surface area contributed by atoms with E-state index in [0.29, 0.717) is 24.2 Å². The molecule has 2 amide bonds. The summed E-state index contributed by atoms with van der Waals surface area (Å²) in [5, 5.41) is 7.07. The Labute approximate surface area is 196 Å². The number of rotatable bonds is 6. The maximum atomic E-state index is 13.5. The number of benzene rings is 2. The molecule has 0 bridgehead atoms. The van der Waals surface area contributed by atoms with E-state index in [0.717, 1.165) is 11.3 Å². The normalized spacial score (nSPS) is 20.2. The number of fused-ring (bicyclic) bond motifs is 1. The Hall–Kier alpha value is -3.98. The van der Waals surface area contributed by atoms with Crippen LogP contribution in [0.5, 0.6) is 0 Å². The van der Waals surface area contributed by atoms with Gasteiger partial charge in [0.25, 0.3) is 5.91 Å². The molecule has 1 aromatic heterocycles. The lowest BCUT2D eigenvalue weighted by Crippen LogP contribution is -2.53. The van der Waals surface area contributed by atoms with Gasteiger partial charge in [0, 0.05) is 36.6 Å². The van der Waals surface area contributed by atoms with Crippen molar-refractivity contribution in [2.75, 3.05) is 18.9 Å². The van der Waals surface area contributed by atoms with Crippen LogP contribution in [-0.2, 0) is 20.7 Å². The zero-order chi connectivity index (χ0) is 23.7. The predicted octanol–water partition coefficient (Wildman–Crippen LogP) is 1.36. The van der Waals surface area contributed by atoms with Crippen LogP contribution in [0.1, 0.15) is 22.3 Å². The van der Waals surface area contributed by atoms with Crippen LogP contribution in [-0.4, -0.2) is 63.6 Å². The number of nitrogen functional groups attached to an aromatic ring is 1. The lowest BCUT2D eigenvalue weighted by molar-refractivity contribution is -0.138. The maximum absolute atomic E-state index is 13.5. The van der Waals surface area contributed by atoms with Gasteiger partial charge in [-0.2, -0.15) is 5.10 Å². The average molecular weight is 460 g/mol. The molecule has 34 heavy (non-hydrogen) atoms. The van der Waals surface area contributed by atoms with E-state index in [2.05, 4.69) is 10.4 Å². The van der Waals surface area contributed by atoms with E-state index in [9.17, 15) is 14.4 Å². The van der Waals surface area contributed by atoms with Gasteiger partial charge in [0.15, 0.2) is 5.78 Å². The fraction of sp³-hybridized carbons (Fsp3) is 0.280. The Kier molecular flexibility index (Phi) is 5.85. The van der Waals surface area contributed by atoms with Gasteiger partial charge in [-0.05, 0) is 54.4 Å². The van der Waals surface area contributed by atoms with Crippen molar-refractivity contribution in [2.45, 2.75) is 31.0 Å². The molecule has 2 fully saturated rings. The summed E-state index contributed by atoms with van der Waals surface area (Å²) in [6.45, 7) is 0.448. The molecule has 2 saturated heterocycles. The van der Waals surface area contributed by atoms with Gasteiger partial charge in [0.2, 0.25) is 5.91 Å². The molecule has 3 heterocycles. The van der Waals surface area contributed by atoms with Crippen LogP contribution in [0.3, 0.4) is 0 Å². The molecule has 0 saturated carbocycles. The molecule has 3 atom stereocenters. The van der Waals surface area contributed by atoms with Crippen molar-refractivity contribution in [1.29, 1.82) is 0 Å². The van der Waals surface area contributed by atoms with Crippen LogP contribution in [0.25, 0.3) is 5.69 Å². The number of nitrogens with two attached hydrogens (primary N) is 1. The highest BCUT2D eigenvalue weighted by Crippen LogP contribution is 2.28. The van der Waals surface area contributed by atoms with Crippen LogP contribution < -0.4 is 11.1 Å². The van der Waals surface area contributed by atoms with Gasteiger partial charge in [-0.3, -0.25) is 14.4 Å². The van der Waals surface area contributed by atoms with E-state index in [1.165, 1.54) is 0 Å². The van der Waals surface area contributed by atoms with Gasteiger partial charge < -0.3 is 20.7 Å². The van der Waals surface area contributed by atoms with Gasteiger partial charge in [0.1, 0.15) is 18.7 Å². The van der Waals surface area contributed by atoms with Crippen molar-refractivity contribution in [1.82, 2.24) is 20.0 Å². The fourth-order valence-corrected chi connectivity index (χ4v) is 4.56. The molecular formula is C25H25N5O4. The highest BCUT2D eigenvalue weighted by Gasteiger charge is 2.48. The number of hydrogen-bond acceptors (Lipinski definition) is 6. The number of anilines is 1. The minimum Gasteiger partial charge on any atom is -0.399 e. The van der Waals surface area contributed by atoms with E-state index in [1.54, 1.807) is 52.2 Å². The van der Waals surface area contributed by atoms with E-state index in [4.69, 9.17) is 10.5 Å². The number of hydrogen-bond donors (Lipinski definition) is 2. The molecule has 0 radical (unpaired) electrons. The maximum Gasteiger partial charge on any atom is 0.251 e. The number of carbonyl (C=O) groups is 3. The number of amides is 2. The second kappa shape index (κ2) is 9.11. The quantitative estimate of drug-likeness (QED) is 0.537. The van der Waals surface area contributed by atoms with Crippen LogP contribution in [0.2, 0.25) is 0 Å². The number of carbonyl (C=O) groups excluding carboxylic acids is 3. The Bertz CT molecular complexity index is 1190. The van der Waals surface area contributed by atoms with E-state index < -0.39 is 12.1 Å². The molecule has 3 N–H and O–H groups in total. The summed E-state index contributed by atoms with van der Waals surface area (Å²) in [5.41, 5.74) is 8.50. The van der Waals surface area contributed by atoms with E-state index in [-0.39, 0.29) is 36.7 Å². The summed E-state index contributed by atoms with van der Waals surface area (Å²) in [4.78, 5) is 40.5. The molecule has 9 heteroatoms. The van der Waals surface area contributed by atoms with Crippen LogP contribution in [0.15, 0.2) is 67.0 Å². The molecule has 174 valence electrons. The zero-order valence-corrected chi connectivity index (χ0v) is 18.5. The summed E-state index contributed by atoms with van der Waals surface area (Å²) in [6.07, 6.45) is 4.11. The summed E-state index contributed by atoms with van der Waals surface area (Å²) in [7, 11) is 0. The summed E-state index contributed by atoms with van der Waals surface area (Å²) < 4.78 is 7.22. The van der Waals surface area contributed by atoms with Gasteiger partial charge in [-0.1, -0.05) is 12.1 Å². The second-order valence-corrected chi connectivity index (χ2v) is 8.55. The number of nitrogens with zero attached hydrogens (tertiary/aromatic N) is 3. The molecule has 2 aliphatic heterocycles. The van der Waals surface area contributed by atoms with Crippen molar-refractivity contribution in [3.05, 3.63) is 78.1 Å². The largest absolute Gasteiger partial charge is 0.399 e. The lowest BCUT2D eigenvalue weighted by Gasteiger charge is -2.27. The molecule has 2 aromatic carbocycles. The van der Waals surface area contributed by atoms with Gasteiger partial charge in [-0.15, -0.1) is 0 Å². The number of likely N-dealkylation sites (tertiary alicyclic amines) is 1. The second-order valence-electron chi connectivity index (χ2n) is 8.55. The fourth-order valence-electron chi connectivity index (χ4n) is 4.56. The Morgan fingerprint density at radius 1 is 1.15 bits per heavy atom. The smallest absolute Gasteiger partial charge is 0.251 e. The van der Waals surface area contributed by atoms with Crippen molar-refractivity contribution in [3.8, 4) is 5.69 Å². The third kappa shape index (κ3) is 4.29. The molecule has 5 rings (SSSR count). The lowest BCUT2D eigenvalue weighted by atomic mass is 10.0. The zero-order valence-electron chi connectivity index (χ0n) is 18.5.